The maximum absolute atomic E-state index is 14.0. The molecule has 0 aromatic heterocycles. The number of ether oxygens (including phenoxy) is 1. The van der Waals surface area contributed by atoms with Crippen molar-refractivity contribution in [1.82, 2.24) is 10.2 Å². The number of nitrogens with zero attached hydrogens (tertiary/aromatic N) is 1. The predicted octanol–water partition coefficient (Wildman–Crippen LogP) is 4.66. The number of para-hydroxylation sites is 1. The van der Waals surface area contributed by atoms with E-state index in [0.29, 0.717) is 24.2 Å². The largest absolute Gasteiger partial charge is 0.467 e. The highest BCUT2D eigenvalue weighted by molar-refractivity contribution is 6.74. The molecule has 1 aromatic carbocycles. The average Bonchev–Trinajstić information content (AvgIpc) is 2.76. The summed E-state index contributed by atoms with van der Waals surface area (Å²) in [6.07, 6.45) is 3.21. The Kier molecular flexibility index (Phi) is 6.98. The lowest BCUT2D eigenvalue weighted by Crippen LogP contribution is -2.71. The molecule has 0 radical (unpaired) electrons. The molecule has 3 aliphatic rings. The molecule has 2 fully saturated rings. The molecule has 2 amide bonds. The third-order valence-corrected chi connectivity index (χ3v) is 13.4. The van der Waals surface area contributed by atoms with Crippen molar-refractivity contribution in [3.05, 3.63) is 29.8 Å². The Labute approximate surface area is 210 Å². The molecule has 1 saturated carbocycles. The fourth-order valence-electron chi connectivity index (χ4n) is 5.62. The van der Waals surface area contributed by atoms with Crippen LogP contribution in [-0.2, 0) is 9.22 Å². The number of benzene rings is 1. The molecule has 1 saturated heterocycles. The summed E-state index contributed by atoms with van der Waals surface area (Å²) in [4.78, 5) is 29.1. The van der Waals surface area contributed by atoms with E-state index in [1.54, 1.807) is 12.1 Å². The van der Waals surface area contributed by atoms with Gasteiger partial charge in [0.2, 0.25) is 5.91 Å². The molecule has 1 spiro atoms. The van der Waals surface area contributed by atoms with Crippen LogP contribution >= 0.6 is 0 Å². The van der Waals surface area contributed by atoms with E-state index in [1.165, 1.54) is 4.90 Å². The Morgan fingerprint density at radius 2 is 1.83 bits per heavy atom. The van der Waals surface area contributed by atoms with E-state index in [-0.39, 0.29) is 34.9 Å². The molecule has 0 bridgehead atoms. The van der Waals surface area contributed by atoms with Gasteiger partial charge in [-0.3, -0.25) is 14.9 Å². The standard InChI is InChI=1S/C27H42N2O5Si/c1-17(22-21(23(30)28-22)18(2)34-35(6,7)26(3,4)5)24(31)29-25(32)19-13-9-10-14-20(19)33-27(29)15-11-8-12-16-27/h9-10,13-14,17-18,21-23,28,30H,8,11-12,15-16H2,1-7H3/t17-,18-,21-,22+,23?/m1/s1. The summed E-state index contributed by atoms with van der Waals surface area (Å²) in [7, 11) is -2.06. The van der Waals surface area contributed by atoms with Crippen molar-refractivity contribution in [3.63, 3.8) is 0 Å². The van der Waals surface area contributed by atoms with E-state index in [4.69, 9.17) is 9.16 Å². The van der Waals surface area contributed by atoms with Crippen LogP contribution in [0.15, 0.2) is 24.3 Å². The molecule has 2 aliphatic heterocycles. The van der Waals surface area contributed by atoms with Crippen LogP contribution in [0.1, 0.15) is 77.1 Å². The van der Waals surface area contributed by atoms with E-state index in [9.17, 15) is 14.7 Å². The number of aliphatic hydroxyl groups excluding tert-OH is 1. The summed E-state index contributed by atoms with van der Waals surface area (Å²) in [5, 5.41) is 13.8. The first-order valence-corrected chi connectivity index (χ1v) is 16.0. The Bertz CT molecular complexity index is 969. The molecule has 2 N–H and O–H groups in total. The van der Waals surface area contributed by atoms with Crippen LogP contribution in [0.5, 0.6) is 5.75 Å². The maximum Gasteiger partial charge on any atom is 0.267 e. The molecule has 7 nitrogen and oxygen atoms in total. The van der Waals surface area contributed by atoms with Crippen molar-refractivity contribution in [2.45, 2.75) is 109 Å². The monoisotopic (exact) mass is 502 g/mol. The minimum atomic E-state index is -2.06. The van der Waals surface area contributed by atoms with Crippen molar-refractivity contribution in [2.24, 2.45) is 11.8 Å². The van der Waals surface area contributed by atoms with Gasteiger partial charge < -0.3 is 14.3 Å². The van der Waals surface area contributed by atoms with Gasteiger partial charge in [0, 0.05) is 24.8 Å². The summed E-state index contributed by atoms with van der Waals surface area (Å²) in [5.41, 5.74) is -0.507. The quantitative estimate of drug-likeness (QED) is 0.570. The van der Waals surface area contributed by atoms with Gasteiger partial charge in [0.25, 0.3) is 5.91 Å². The zero-order valence-electron chi connectivity index (χ0n) is 22.3. The fourth-order valence-corrected chi connectivity index (χ4v) is 7.06. The number of aliphatic hydroxyl groups is 1. The summed E-state index contributed by atoms with van der Waals surface area (Å²) in [5.74, 6) is -0.737. The molecule has 1 unspecified atom stereocenters. The second-order valence-electron chi connectivity index (χ2n) is 12.2. The van der Waals surface area contributed by atoms with Gasteiger partial charge in [-0.05, 0) is 50.0 Å². The third-order valence-electron chi connectivity index (χ3n) is 8.78. The van der Waals surface area contributed by atoms with E-state index in [2.05, 4.69) is 39.2 Å². The number of rotatable bonds is 5. The van der Waals surface area contributed by atoms with Gasteiger partial charge >= 0.3 is 0 Å². The number of amides is 2. The first kappa shape index (κ1) is 26.3. The summed E-state index contributed by atoms with van der Waals surface area (Å²) in [6, 6.07) is 6.90. The van der Waals surface area contributed by atoms with Gasteiger partial charge in [0.15, 0.2) is 14.0 Å². The highest BCUT2D eigenvalue weighted by Crippen LogP contribution is 2.44. The second-order valence-corrected chi connectivity index (χ2v) is 16.9. The maximum atomic E-state index is 14.0. The summed E-state index contributed by atoms with van der Waals surface area (Å²) in [6.45, 7) is 14.8. The third kappa shape index (κ3) is 4.58. The number of imide groups is 1. The minimum absolute atomic E-state index is 0.0403. The zero-order chi connectivity index (χ0) is 25.8. The SMILES string of the molecule is C[C@@H](O[Si](C)(C)C(C)(C)C)[C@H]1C(O)N[C@H]1[C@@H](C)C(=O)N1C(=O)c2ccccc2OC12CCCCC2. The smallest absolute Gasteiger partial charge is 0.267 e. The molecule has 1 aliphatic carbocycles. The zero-order valence-corrected chi connectivity index (χ0v) is 23.3. The Balaban J connectivity index is 1.58. The minimum Gasteiger partial charge on any atom is -0.467 e. The topological polar surface area (TPSA) is 88.1 Å². The number of nitrogens with one attached hydrogen (secondary N) is 1. The van der Waals surface area contributed by atoms with E-state index >= 15 is 0 Å². The van der Waals surface area contributed by atoms with Gasteiger partial charge in [-0.25, -0.2) is 4.90 Å². The lowest BCUT2D eigenvalue weighted by molar-refractivity contribution is -0.165. The normalized spacial score (nSPS) is 28.1. The second kappa shape index (κ2) is 9.29. The number of hydrogen-bond donors (Lipinski definition) is 2. The lowest BCUT2D eigenvalue weighted by atomic mass is 9.77. The highest BCUT2D eigenvalue weighted by Gasteiger charge is 2.55. The van der Waals surface area contributed by atoms with Crippen molar-refractivity contribution >= 4 is 20.1 Å². The molecular formula is C27H42N2O5Si. The molecule has 8 heteroatoms. The van der Waals surface area contributed by atoms with Crippen LogP contribution in [0.4, 0.5) is 0 Å². The predicted molar refractivity (Wildman–Crippen MR) is 137 cm³/mol. The number of carbonyl (C=O) groups excluding carboxylic acids is 2. The van der Waals surface area contributed by atoms with Gasteiger partial charge in [0.05, 0.1) is 17.6 Å². The van der Waals surface area contributed by atoms with Crippen molar-refractivity contribution in [2.75, 3.05) is 0 Å². The van der Waals surface area contributed by atoms with Gasteiger partial charge in [-0.1, -0.05) is 46.2 Å². The highest BCUT2D eigenvalue weighted by atomic mass is 28.4. The lowest BCUT2D eigenvalue weighted by Gasteiger charge is -2.53. The number of carbonyl (C=O) groups is 2. The van der Waals surface area contributed by atoms with E-state index in [1.807, 2.05) is 26.0 Å². The van der Waals surface area contributed by atoms with Crippen LogP contribution in [0, 0.1) is 11.8 Å². The molecular weight excluding hydrogens is 460 g/mol. The average molecular weight is 503 g/mol. The number of fused-ring (bicyclic) bond motifs is 1. The molecule has 2 heterocycles. The Morgan fingerprint density at radius 3 is 2.43 bits per heavy atom. The van der Waals surface area contributed by atoms with Crippen LogP contribution in [-0.4, -0.2) is 54.2 Å². The molecule has 194 valence electrons. The molecule has 5 atom stereocenters. The fraction of sp³-hybridized carbons (Fsp3) is 0.704. The Morgan fingerprint density at radius 1 is 1.20 bits per heavy atom. The first-order chi connectivity index (χ1) is 16.3. The van der Waals surface area contributed by atoms with E-state index in [0.717, 1.165) is 19.3 Å². The Hall–Kier alpha value is -1.74. The molecule has 35 heavy (non-hydrogen) atoms. The van der Waals surface area contributed by atoms with Crippen molar-refractivity contribution < 1.29 is 23.9 Å². The summed E-state index contributed by atoms with van der Waals surface area (Å²) < 4.78 is 13.0. The molecule has 1 aromatic rings. The van der Waals surface area contributed by atoms with Crippen LogP contribution in [0.3, 0.4) is 0 Å². The van der Waals surface area contributed by atoms with Crippen LogP contribution < -0.4 is 10.1 Å². The van der Waals surface area contributed by atoms with E-state index < -0.39 is 26.2 Å². The van der Waals surface area contributed by atoms with Crippen LogP contribution in [0.2, 0.25) is 18.1 Å². The van der Waals surface area contributed by atoms with Gasteiger partial charge in [-0.2, -0.15) is 0 Å². The molecule has 4 rings (SSSR count). The van der Waals surface area contributed by atoms with Crippen molar-refractivity contribution in [3.8, 4) is 5.75 Å². The first-order valence-electron chi connectivity index (χ1n) is 13.1. The van der Waals surface area contributed by atoms with Gasteiger partial charge in [0.1, 0.15) is 12.0 Å². The van der Waals surface area contributed by atoms with Crippen molar-refractivity contribution in [1.29, 1.82) is 0 Å². The van der Waals surface area contributed by atoms with Crippen LogP contribution in [0.25, 0.3) is 0 Å². The number of hydrogen-bond acceptors (Lipinski definition) is 6. The van der Waals surface area contributed by atoms with Gasteiger partial charge in [-0.15, -0.1) is 0 Å². The summed E-state index contributed by atoms with van der Waals surface area (Å²) >= 11 is 0.